The summed E-state index contributed by atoms with van der Waals surface area (Å²) in [4.78, 5) is 17.3. The van der Waals surface area contributed by atoms with E-state index in [-0.39, 0.29) is 5.78 Å². The summed E-state index contributed by atoms with van der Waals surface area (Å²) < 4.78 is 5.14. The van der Waals surface area contributed by atoms with Gasteiger partial charge in [0.2, 0.25) is 0 Å². The van der Waals surface area contributed by atoms with Crippen molar-refractivity contribution >= 4 is 17.1 Å². The molecular weight excluding hydrogens is 236 g/mol. The minimum absolute atomic E-state index is 0.167. The summed E-state index contributed by atoms with van der Waals surface area (Å²) in [6, 6.07) is 0. The lowest BCUT2D eigenvalue weighted by molar-refractivity contribution is 0.0968. The van der Waals surface area contributed by atoms with Crippen LogP contribution in [0.5, 0.6) is 0 Å². The first kappa shape index (κ1) is 10.7. The Labute approximate surface area is 103 Å². The van der Waals surface area contributed by atoms with Crippen LogP contribution in [0.15, 0.2) is 4.52 Å². The molecule has 4 nitrogen and oxygen atoms in total. The van der Waals surface area contributed by atoms with Gasteiger partial charge in [0.1, 0.15) is 16.5 Å². The molecule has 0 aliphatic heterocycles. The van der Waals surface area contributed by atoms with Gasteiger partial charge in [-0.15, -0.1) is 11.3 Å². The van der Waals surface area contributed by atoms with Crippen molar-refractivity contribution in [1.29, 1.82) is 0 Å². The third kappa shape index (κ3) is 1.61. The summed E-state index contributed by atoms with van der Waals surface area (Å²) in [5, 5.41) is 4.79. The van der Waals surface area contributed by atoms with Gasteiger partial charge in [-0.1, -0.05) is 5.16 Å². The minimum atomic E-state index is 0.167. The van der Waals surface area contributed by atoms with Crippen molar-refractivity contribution in [2.24, 2.45) is 0 Å². The molecule has 1 aliphatic carbocycles. The fourth-order valence-electron chi connectivity index (χ4n) is 2.16. The molecule has 1 aliphatic rings. The number of fused-ring (bicyclic) bond motifs is 1. The van der Waals surface area contributed by atoms with Gasteiger partial charge < -0.3 is 4.52 Å². The molecule has 0 fully saturated rings. The second kappa shape index (κ2) is 3.77. The average Bonchev–Trinajstić information content (AvgIpc) is 2.84. The second-order valence-corrected chi connectivity index (χ2v) is 5.35. The number of aryl methyl sites for hydroxylation is 3. The topological polar surface area (TPSA) is 56.0 Å². The van der Waals surface area contributed by atoms with E-state index >= 15 is 0 Å². The number of carbonyl (C=O) groups is 1. The van der Waals surface area contributed by atoms with E-state index in [1.165, 1.54) is 0 Å². The van der Waals surface area contributed by atoms with E-state index in [9.17, 15) is 4.79 Å². The van der Waals surface area contributed by atoms with E-state index in [1.54, 1.807) is 11.3 Å². The first-order valence-corrected chi connectivity index (χ1v) is 6.44. The lowest BCUT2D eigenvalue weighted by Crippen LogP contribution is -2.08. The quantitative estimate of drug-likeness (QED) is 0.778. The maximum Gasteiger partial charge on any atom is 0.182 e. The Morgan fingerprint density at radius 2 is 2.12 bits per heavy atom. The SMILES string of the molecule is Cc1noc(C)c1-c1nc2c(s1)CCCC2=O. The second-order valence-electron chi connectivity index (χ2n) is 4.27. The zero-order valence-corrected chi connectivity index (χ0v) is 10.6. The van der Waals surface area contributed by atoms with Crippen molar-refractivity contribution in [2.45, 2.75) is 33.1 Å². The zero-order valence-electron chi connectivity index (χ0n) is 9.74. The van der Waals surface area contributed by atoms with E-state index in [0.717, 1.165) is 39.7 Å². The number of hydrogen-bond donors (Lipinski definition) is 0. The number of ketones is 1. The van der Waals surface area contributed by atoms with Crippen LogP contribution in [0, 0.1) is 13.8 Å². The van der Waals surface area contributed by atoms with Gasteiger partial charge in [0.15, 0.2) is 5.78 Å². The molecule has 2 heterocycles. The standard InChI is InChI=1S/C12H12N2O2S/c1-6-10(7(2)16-14-6)12-13-11-8(15)4-3-5-9(11)17-12/h3-5H2,1-2H3. The van der Waals surface area contributed by atoms with Gasteiger partial charge in [0.25, 0.3) is 0 Å². The largest absolute Gasteiger partial charge is 0.361 e. The van der Waals surface area contributed by atoms with Crippen molar-refractivity contribution in [3.63, 3.8) is 0 Å². The van der Waals surface area contributed by atoms with Crippen LogP contribution in [-0.2, 0) is 6.42 Å². The summed E-state index contributed by atoms with van der Waals surface area (Å²) in [5.41, 5.74) is 2.44. The molecule has 2 aromatic heterocycles. The minimum Gasteiger partial charge on any atom is -0.361 e. The predicted molar refractivity (Wildman–Crippen MR) is 64.4 cm³/mol. The van der Waals surface area contributed by atoms with Crippen LogP contribution in [-0.4, -0.2) is 15.9 Å². The van der Waals surface area contributed by atoms with E-state index in [0.29, 0.717) is 12.1 Å². The van der Waals surface area contributed by atoms with Crippen molar-refractivity contribution in [1.82, 2.24) is 10.1 Å². The highest BCUT2D eigenvalue weighted by atomic mass is 32.1. The highest BCUT2D eigenvalue weighted by Gasteiger charge is 2.24. The highest BCUT2D eigenvalue weighted by molar-refractivity contribution is 7.15. The monoisotopic (exact) mass is 248 g/mol. The number of nitrogens with zero attached hydrogens (tertiary/aromatic N) is 2. The van der Waals surface area contributed by atoms with Crippen molar-refractivity contribution < 1.29 is 9.32 Å². The number of hydrogen-bond acceptors (Lipinski definition) is 5. The first-order valence-electron chi connectivity index (χ1n) is 5.63. The Hall–Kier alpha value is -1.49. The molecule has 0 radical (unpaired) electrons. The summed E-state index contributed by atoms with van der Waals surface area (Å²) in [5.74, 6) is 0.932. The normalized spacial score (nSPS) is 15.1. The van der Waals surface area contributed by atoms with Crippen LogP contribution in [0.3, 0.4) is 0 Å². The Balaban J connectivity index is 2.14. The third-order valence-corrected chi connectivity index (χ3v) is 4.15. The van der Waals surface area contributed by atoms with E-state index in [4.69, 9.17) is 4.52 Å². The molecule has 2 aromatic rings. The van der Waals surface area contributed by atoms with Gasteiger partial charge in [0.05, 0.1) is 11.3 Å². The molecular formula is C12H12N2O2S. The number of rotatable bonds is 1. The van der Waals surface area contributed by atoms with Gasteiger partial charge in [0, 0.05) is 11.3 Å². The fourth-order valence-corrected chi connectivity index (χ4v) is 3.43. The van der Waals surface area contributed by atoms with Gasteiger partial charge in [-0.2, -0.15) is 0 Å². The summed E-state index contributed by atoms with van der Waals surface area (Å²) in [6.07, 6.45) is 2.52. The molecule has 0 amide bonds. The Morgan fingerprint density at radius 3 is 2.76 bits per heavy atom. The molecule has 88 valence electrons. The lowest BCUT2D eigenvalue weighted by atomic mass is 10.0. The Bertz CT molecular complexity index is 578. The maximum atomic E-state index is 11.7. The third-order valence-electron chi connectivity index (χ3n) is 3.02. The first-order chi connectivity index (χ1) is 8.16. The van der Waals surface area contributed by atoms with Crippen LogP contribution in [0.2, 0.25) is 0 Å². The number of aromatic nitrogens is 2. The summed E-state index contributed by atoms with van der Waals surface area (Å²) >= 11 is 1.59. The molecule has 0 atom stereocenters. The number of carbonyl (C=O) groups excluding carboxylic acids is 1. The van der Waals surface area contributed by atoms with E-state index in [1.807, 2.05) is 13.8 Å². The fraction of sp³-hybridized carbons (Fsp3) is 0.417. The molecule has 17 heavy (non-hydrogen) atoms. The van der Waals surface area contributed by atoms with Crippen molar-refractivity contribution in [3.8, 4) is 10.6 Å². The number of Topliss-reactive ketones (excluding diaryl/α,β-unsaturated/α-hetero) is 1. The number of thiazole rings is 1. The van der Waals surface area contributed by atoms with Crippen molar-refractivity contribution in [2.75, 3.05) is 0 Å². The zero-order chi connectivity index (χ0) is 12.0. The van der Waals surface area contributed by atoms with E-state index < -0.39 is 0 Å². The highest BCUT2D eigenvalue weighted by Crippen LogP contribution is 2.35. The van der Waals surface area contributed by atoms with Gasteiger partial charge in [-0.3, -0.25) is 4.79 Å². The summed E-state index contributed by atoms with van der Waals surface area (Å²) in [7, 11) is 0. The van der Waals surface area contributed by atoms with Crippen LogP contribution in [0.25, 0.3) is 10.6 Å². The molecule has 0 N–H and O–H groups in total. The van der Waals surface area contributed by atoms with Crippen LogP contribution < -0.4 is 0 Å². The predicted octanol–water partition coefficient (Wildman–Crippen LogP) is 2.93. The van der Waals surface area contributed by atoms with Gasteiger partial charge in [-0.05, 0) is 26.7 Å². The van der Waals surface area contributed by atoms with E-state index in [2.05, 4.69) is 10.1 Å². The van der Waals surface area contributed by atoms with Crippen LogP contribution in [0.4, 0.5) is 0 Å². The Morgan fingerprint density at radius 1 is 1.29 bits per heavy atom. The molecule has 0 unspecified atom stereocenters. The Kier molecular flexibility index (Phi) is 2.36. The molecule has 0 saturated carbocycles. The smallest absolute Gasteiger partial charge is 0.182 e. The van der Waals surface area contributed by atoms with Crippen LogP contribution >= 0.6 is 11.3 Å². The molecule has 0 saturated heterocycles. The molecule has 3 rings (SSSR count). The average molecular weight is 248 g/mol. The summed E-state index contributed by atoms with van der Waals surface area (Å²) in [6.45, 7) is 3.77. The van der Waals surface area contributed by atoms with Crippen LogP contribution in [0.1, 0.15) is 39.7 Å². The van der Waals surface area contributed by atoms with Crippen molar-refractivity contribution in [3.05, 3.63) is 22.0 Å². The molecule has 0 bridgehead atoms. The molecule has 5 heteroatoms. The van der Waals surface area contributed by atoms with Gasteiger partial charge >= 0.3 is 0 Å². The molecule has 0 spiro atoms. The lowest BCUT2D eigenvalue weighted by Gasteiger charge is -2.06. The maximum absolute atomic E-state index is 11.7. The molecule has 0 aromatic carbocycles. The van der Waals surface area contributed by atoms with Gasteiger partial charge in [-0.25, -0.2) is 4.98 Å².